The Labute approximate surface area is 105 Å². The van der Waals surface area contributed by atoms with Crippen LogP contribution in [0.3, 0.4) is 0 Å². The summed E-state index contributed by atoms with van der Waals surface area (Å²) in [4.78, 5) is 2.45. The SMILES string of the molecule is C[C@@H](O)CN(CCCCC#N)C1CCCCC1. The number of aliphatic hydroxyl groups excluding tert-OH is 1. The number of nitriles is 1. The maximum absolute atomic E-state index is 9.56. The average Bonchev–Trinajstić information content (AvgIpc) is 2.34. The highest BCUT2D eigenvalue weighted by Gasteiger charge is 2.21. The standard InChI is InChI=1S/C14H26N2O/c1-13(17)12-16(11-7-3-6-10-15)14-8-4-2-5-9-14/h13-14,17H,2-9,11-12H2,1H3/t13-/m1/s1. The lowest BCUT2D eigenvalue weighted by Crippen LogP contribution is -2.41. The summed E-state index contributed by atoms with van der Waals surface area (Å²) >= 11 is 0. The van der Waals surface area contributed by atoms with Crippen molar-refractivity contribution in [1.29, 1.82) is 5.26 Å². The number of unbranched alkanes of at least 4 members (excludes halogenated alkanes) is 2. The van der Waals surface area contributed by atoms with Gasteiger partial charge in [-0.2, -0.15) is 5.26 Å². The fraction of sp³-hybridized carbons (Fsp3) is 0.929. The predicted molar refractivity (Wildman–Crippen MR) is 69.6 cm³/mol. The molecule has 1 aliphatic carbocycles. The number of aliphatic hydroxyl groups is 1. The zero-order chi connectivity index (χ0) is 12.5. The molecule has 1 atom stereocenters. The minimum atomic E-state index is -0.243. The Hall–Kier alpha value is -0.590. The Bertz CT molecular complexity index is 229. The van der Waals surface area contributed by atoms with E-state index in [9.17, 15) is 5.11 Å². The molecule has 3 heteroatoms. The number of hydrogen-bond donors (Lipinski definition) is 1. The molecule has 1 fully saturated rings. The zero-order valence-electron chi connectivity index (χ0n) is 11.1. The van der Waals surface area contributed by atoms with Crippen LogP contribution in [0.4, 0.5) is 0 Å². The summed E-state index contributed by atoms with van der Waals surface area (Å²) in [6.07, 6.45) is 9.08. The molecule has 1 aliphatic rings. The smallest absolute Gasteiger partial charge is 0.0639 e. The quantitative estimate of drug-likeness (QED) is 0.694. The lowest BCUT2D eigenvalue weighted by molar-refractivity contribution is 0.0812. The molecule has 17 heavy (non-hydrogen) atoms. The fourth-order valence-electron chi connectivity index (χ4n) is 2.73. The number of nitrogens with zero attached hydrogens (tertiary/aromatic N) is 2. The molecule has 1 saturated carbocycles. The number of hydrogen-bond acceptors (Lipinski definition) is 3. The third kappa shape index (κ3) is 6.05. The van der Waals surface area contributed by atoms with E-state index >= 15 is 0 Å². The van der Waals surface area contributed by atoms with E-state index < -0.39 is 0 Å². The lowest BCUT2D eigenvalue weighted by atomic mass is 9.93. The van der Waals surface area contributed by atoms with Crippen molar-refractivity contribution in [1.82, 2.24) is 4.90 Å². The molecular formula is C14H26N2O. The van der Waals surface area contributed by atoms with Crippen LogP contribution in [0.2, 0.25) is 0 Å². The van der Waals surface area contributed by atoms with Gasteiger partial charge in [-0.25, -0.2) is 0 Å². The van der Waals surface area contributed by atoms with Crippen molar-refractivity contribution in [2.75, 3.05) is 13.1 Å². The molecule has 98 valence electrons. The summed E-state index contributed by atoms with van der Waals surface area (Å²) in [5.41, 5.74) is 0. The molecule has 3 nitrogen and oxygen atoms in total. The lowest BCUT2D eigenvalue weighted by Gasteiger charge is -2.35. The predicted octanol–water partition coefficient (Wildman–Crippen LogP) is 2.70. The molecule has 1 N–H and O–H groups in total. The maximum Gasteiger partial charge on any atom is 0.0639 e. The van der Waals surface area contributed by atoms with Gasteiger partial charge in [0.25, 0.3) is 0 Å². The maximum atomic E-state index is 9.56. The van der Waals surface area contributed by atoms with E-state index in [0.717, 1.165) is 25.9 Å². The summed E-state index contributed by atoms with van der Waals surface area (Å²) in [6.45, 7) is 3.69. The fourth-order valence-corrected chi connectivity index (χ4v) is 2.73. The molecule has 0 heterocycles. The topological polar surface area (TPSA) is 47.3 Å². The summed E-state index contributed by atoms with van der Waals surface area (Å²) in [6, 6.07) is 2.86. The van der Waals surface area contributed by atoms with Gasteiger partial charge in [0.05, 0.1) is 12.2 Å². The van der Waals surface area contributed by atoms with Gasteiger partial charge in [0.15, 0.2) is 0 Å². The van der Waals surface area contributed by atoms with Crippen molar-refractivity contribution in [3.8, 4) is 6.07 Å². The minimum absolute atomic E-state index is 0.243. The van der Waals surface area contributed by atoms with Gasteiger partial charge in [0, 0.05) is 19.0 Å². The first-order chi connectivity index (χ1) is 8.24. The van der Waals surface area contributed by atoms with Crippen molar-refractivity contribution in [3.05, 3.63) is 0 Å². The van der Waals surface area contributed by atoms with E-state index in [1.54, 1.807) is 0 Å². The van der Waals surface area contributed by atoms with E-state index in [1.807, 2.05) is 6.92 Å². The van der Waals surface area contributed by atoms with E-state index in [1.165, 1.54) is 32.1 Å². The second-order valence-corrected chi connectivity index (χ2v) is 5.25. The van der Waals surface area contributed by atoms with Crippen LogP contribution in [0.5, 0.6) is 0 Å². The van der Waals surface area contributed by atoms with Gasteiger partial charge >= 0.3 is 0 Å². The first-order valence-electron chi connectivity index (χ1n) is 7.03. The second kappa shape index (κ2) is 8.49. The Balaban J connectivity index is 2.33. The monoisotopic (exact) mass is 238 g/mol. The average molecular weight is 238 g/mol. The molecule has 0 bridgehead atoms. The van der Waals surface area contributed by atoms with Crippen molar-refractivity contribution < 1.29 is 5.11 Å². The Morgan fingerprint density at radius 2 is 2.00 bits per heavy atom. The Kier molecular flexibility index (Phi) is 7.23. The van der Waals surface area contributed by atoms with Gasteiger partial charge in [0.1, 0.15) is 0 Å². The van der Waals surface area contributed by atoms with Gasteiger partial charge in [0.2, 0.25) is 0 Å². The molecular weight excluding hydrogens is 212 g/mol. The van der Waals surface area contributed by atoms with Crippen LogP contribution in [-0.2, 0) is 0 Å². The molecule has 0 aromatic heterocycles. The summed E-state index contributed by atoms with van der Waals surface area (Å²) in [7, 11) is 0. The molecule has 0 amide bonds. The molecule has 0 aromatic rings. The molecule has 0 saturated heterocycles. The highest BCUT2D eigenvalue weighted by molar-refractivity contribution is 4.77. The molecule has 0 aromatic carbocycles. The summed E-state index contributed by atoms with van der Waals surface area (Å²) in [5, 5.41) is 18.1. The zero-order valence-corrected chi connectivity index (χ0v) is 11.1. The molecule has 0 spiro atoms. The molecule has 0 aliphatic heterocycles. The van der Waals surface area contributed by atoms with Crippen LogP contribution < -0.4 is 0 Å². The first-order valence-corrected chi connectivity index (χ1v) is 7.03. The molecule has 0 unspecified atom stereocenters. The first kappa shape index (κ1) is 14.5. The van der Waals surface area contributed by atoms with E-state index in [0.29, 0.717) is 12.5 Å². The van der Waals surface area contributed by atoms with Crippen LogP contribution in [0.25, 0.3) is 0 Å². The van der Waals surface area contributed by atoms with E-state index in [-0.39, 0.29) is 6.10 Å². The summed E-state index contributed by atoms with van der Waals surface area (Å²) < 4.78 is 0. The second-order valence-electron chi connectivity index (χ2n) is 5.25. The normalized spacial score (nSPS) is 19.2. The van der Waals surface area contributed by atoms with Gasteiger partial charge < -0.3 is 5.11 Å². The van der Waals surface area contributed by atoms with Gasteiger partial charge in [-0.05, 0) is 39.2 Å². The van der Waals surface area contributed by atoms with E-state index in [2.05, 4.69) is 11.0 Å². The van der Waals surface area contributed by atoms with Crippen LogP contribution in [0.15, 0.2) is 0 Å². The van der Waals surface area contributed by atoms with Crippen molar-refractivity contribution in [2.24, 2.45) is 0 Å². The highest BCUT2D eigenvalue weighted by Crippen LogP contribution is 2.23. The Morgan fingerprint density at radius 3 is 2.59 bits per heavy atom. The highest BCUT2D eigenvalue weighted by atomic mass is 16.3. The van der Waals surface area contributed by atoms with Crippen molar-refractivity contribution in [2.45, 2.75) is 70.4 Å². The largest absolute Gasteiger partial charge is 0.392 e. The Morgan fingerprint density at radius 1 is 1.29 bits per heavy atom. The van der Waals surface area contributed by atoms with Crippen LogP contribution >= 0.6 is 0 Å². The van der Waals surface area contributed by atoms with Gasteiger partial charge in [-0.1, -0.05) is 19.3 Å². The van der Waals surface area contributed by atoms with Crippen LogP contribution in [-0.4, -0.2) is 35.2 Å². The molecule has 1 rings (SSSR count). The van der Waals surface area contributed by atoms with Crippen LogP contribution in [0.1, 0.15) is 58.3 Å². The van der Waals surface area contributed by atoms with E-state index in [4.69, 9.17) is 5.26 Å². The minimum Gasteiger partial charge on any atom is -0.392 e. The summed E-state index contributed by atoms with van der Waals surface area (Å²) in [5.74, 6) is 0. The van der Waals surface area contributed by atoms with Crippen molar-refractivity contribution >= 4 is 0 Å². The third-order valence-electron chi connectivity index (χ3n) is 3.57. The van der Waals surface area contributed by atoms with Gasteiger partial charge in [-0.15, -0.1) is 0 Å². The molecule has 0 radical (unpaired) electrons. The van der Waals surface area contributed by atoms with Crippen molar-refractivity contribution in [3.63, 3.8) is 0 Å². The third-order valence-corrected chi connectivity index (χ3v) is 3.57. The van der Waals surface area contributed by atoms with Crippen LogP contribution in [0, 0.1) is 11.3 Å². The number of rotatable bonds is 7. The van der Waals surface area contributed by atoms with Gasteiger partial charge in [-0.3, -0.25) is 4.90 Å².